The fraction of sp³-hybridized carbons (Fsp3) is 0.353. The van der Waals surface area contributed by atoms with Crippen LogP contribution in [0.25, 0.3) is 0 Å². The van der Waals surface area contributed by atoms with E-state index < -0.39 is 11.6 Å². The second-order valence-electron chi connectivity index (χ2n) is 6.11. The summed E-state index contributed by atoms with van der Waals surface area (Å²) in [5.41, 5.74) is 0.0303. The Morgan fingerprint density at radius 2 is 1.88 bits per heavy atom. The molecule has 24 heavy (non-hydrogen) atoms. The van der Waals surface area contributed by atoms with E-state index in [1.165, 1.54) is 20.7 Å². The van der Waals surface area contributed by atoms with E-state index in [1.807, 2.05) is 0 Å². The average Bonchev–Trinajstić information content (AvgIpc) is 3.05. The second-order valence-corrected chi connectivity index (χ2v) is 7.14. The molecule has 0 radical (unpaired) electrons. The van der Waals surface area contributed by atoms with Crippen molar-refractivity contribution in [1.29, 1.82) is 0 Å². The minimum atomic E-state index is -0.747. The van der Waals surface area contributed by atoms with Gasteiger partial charge in [-0.1, -0.05) is 6.07 Å². The minimum absolute atomic E-state index is 0.0303. The predicted molar refractivity (Wildman–Crippen MR) is 89.3 cm³/mol. The third-order valence-electron chi connectivity index (χ3n) is 4.28. The molecule has 0 saturated carbocycles. The molecule has 1 aromatic heterocycles. The van der Waals surface area contributed by atoms with Crippen LogP contribution >= 0.6 is 11.3 Å². The van der Waals surface area contributed by atoms with E-state index in [9.17, 15) is 13.6 Å². The van der Waals surface area contributed by atoms with Crippen molar-refractivity contribution in [3.8, 4) is 0 Å². The first-order valence-corrected chi connectivity index (χ1v) is 8.92. The summed E-state index contributed by atoms with van der Waals surface area (Å²) in [4.78, 5) is 16.2. The molecule has 3 N–H and O–H groups in total. The molecule has 1 fully saturated rings. The molecule has 1 aliphatic heterocycles. The molecule has 2 heterocycles. The Morgan fingerprint density at radius 1 is 1.12 bits per heavy atom. The van der Waals surface area contributed by atoms with Gasteiger partial charge < -0.3 is 15.1 Å². The van der Waals surface area contributed by atoms with Gasteiger partial charge in [0.25, 0.3) is 5.91 Å². The first-order valence-electron chi connectivity index (χ1n) is 8.04. The van der Waals surface area contributed by atoms with E-state index in [4.69, 9.17) is 0 Å². The number of nitrogens with one attached hydrogen (secondary N) is 3. The van der Waals surface area contributed by atoms with Crippen molar-refractivity contribution in [2.45, 2.75) is 6.54 Å². The van der Waals surface area contributed by atoms with Gasteiger partial charge in [0.1, 0.15) is 44.4 Å². The molecule has 0 aliphatic carbocycles. The number of quaternary nitrogens is 2. The molecule has 128 valence electrons. The van der Waals surface area contributed by atoms with E-state index in [0.717, 1.165) is 44.9 Å². The fourth-order valence-corrected chi connectivity index (χ4v) is 3.76. The van der Waals surface area contributed by atoms with Crippen LogP contribution in [0.15, 0.2) is 35.7 Å². The Kier molecular flexibility index (Phi) is 5.55. The number of rotatable bonds is 5. The van der Waals surface area contributed by atoms with Gasteiger partial charge in [0, 0.05) is 6.07 Å². The van der Waals surface area contributed by atoms with Crippen LogP contribution in [0.3, 0.4) is 0 Å². The number of halogens is 2. The maximum Gasteiger partial charge on any atom is 0.279 e. The summed E-state index contributed by atoms with van der Waals surface area (Å²) in [7, 11) is 0. The van der Waals surface area contributed by atoms with Gasteiger partial charge in [-0.3, -0.25) is 4.79 Å². The van der Waals surface area contributed by atoms with Crippen molar-refractivity contribution < 1.29 is 23.4 Å². The van der Waals surface area contributed by atoms with Gasteiger partial charge in [-0.25, -0.2) is 8.78 Å². The molecule has 0 bridgehead atoms. The number of hydrogen-bond donors (Lipinski definition) is 3. The van der Waals surface area contributed by atoms with Gasteiger partial charge in [0.15, 0.2) is 6.54 Å². The maximum atomic E-state index is 13.6. The molecule has 0 spiro atoms. The van der Waals surface area contributed by atoms with Crippen LogP contribution in [0, 0.1) is 11.6 Å². The van der Waals surface area contributed by atoms with E-state index in [2.05, 4.69) is 22.8 Å². The van der Waals surface area contributed by atoms with Gasteiger partial charge in [0.2, 0.25) is 0 Å². The Morgan fingerprint density at radius 3 is 2.54 bits per heavy atom. The first-order chi connectivity index (χ1) is 11.6. The van der Waals surface area contributed by atoms with Gasteiger partial charge >= 0.3 is 0 Å². The van der Waals surface area contributed by atoms with Crippen LogP contribution in [0.2, 0.25) is 0 Å². The zero-order chi connectivity index (χ0) is 16.9. The summed E-state index contributed by atoms with van der Waals surface area (Å²) >= 11 is 1.78. The lowest BCUT2D eigenvalue weighted by molar-refractivity contribution is -1.01. The van der Waals surface area contributed by atoms with E-state index in [0.29, 0.717) is 6.54 Å². The third kappa shape index (κ3) is 4.59. The van der Waals surface area contributed by atoms with Crippen LogP contribution in [0.1, 0.15) is 4.88 Å². The quantitative estimate of drug-likeness (QED) is 0.693. The number of anilines is 1. The van der Waals surface area contributed by atoms with E-state index >= 15 is 0 Å². The molecule has 1 aromatic carbocycles. The summed E-state index contributed by atoms with van der Waals surface area (Å²) in [6.45, 7) is 5.22. The zero-order valence-corrected chi connectivity index (χ0v) is 14.1. The highest BCUT2D eigenvalue weighted by Crippen LogP contribution is 2.14. The number of hydrogen-bond acceptors (Lipinski definition) is 2. The van der Waals surface area contributed by atoms with Crippen molar-refractivity contribution in [2.75, 3.05) is 38.0 Å². The van der Waals surface area contributed by atoms with Crippen LogP contribution in [0.4, 0.5) is 14.5 Å². The standard InChI is InChI=1S/C17H19F2N3OS/c18-13-3-4-16(15(19)10-13)20-17(23)12-22-7-5-21(6-8-22)11-14-2-1-9-24-14/h1-4,9-10H,5-8,11-12H2,(H,20,23)/p+2. The molecule has 2 aromatic rings. The third-order valence-corrected chi connectivity index (χ3v) is 5.16. The number of thiophene rings is 1. The summed E-state index contributed by atoms with van der Waals surface area (Å²) < 4.78 is 26.4. The molecule has 0 unspecified atom stereocenters. The smallest absolute Gasteiger partial charge is 0.279 e. The van der Waals surface area contributed by atoms with Crippen LogP contribution in [-0.2, 0) is 11.3 Å². The predicted octanol–water partition coefficient (Wildman–Crippen LogP) is -0.0516. The molecular formula is C17H21F2N3OS+2. The second kappa shape index (κ2) is 7.83. The van der Waals surface area contributed by atoms with Crippen LogP contribution < -0.4 is 15.1 Å². The summed E-state index contributed by atoms with van der Waals surface area (Å²) in [6.07, 6.45) is 0. The topological polar surface area (TPSA) is 38.0 Å². The molecule has 4 nitrogen and oxygen atoms in total. The summed E-state index contributed by atoms with van der Waals surface area (Å²) in [6, 6.07) is 7.38. The first kappa shape index (κ1) is 17.0. The van der Waals surface area contributed by atoms with Crippen molar-refractivity contribution in [2.24, 2.45) is 0 Å². The van der Waals surface area contributed by atoms with Gasteiger partial charge in [-0.05, 0) is 23.6 Å². The number of benzene rings is 1. The number of amides is 1. The molecule has 1 saturated heterocycles. The lowest BCUT2D eigenvalue weighted by Gasteiger charge is -2.29. The minimum Gasteiger partial charge on any atom is -0.321 e. The van der Waals surface area contributed by atoms with Crippen molar-refractivity contribution in [3.63, 3.8) is 0 Å². The van der Waals surface area contributed by atoms with Gasteiger partial charge in [-0.2, -0.15) is 0 Å². The largest absolute Gasteiger partial charge is 0.321 e. The zero-order valence-electron chi connectivity index (χ0n) is 13.3. The summed E-state index contributed by atoms with van der Waals surface area (Å²) in [5, 5.41) is 4.62. The molecule has 1 aliphatic rings. The Hall–Kier alpha value is -1.83. The number of carbonyl (C=O) groups is 1. The highest BCUT2D eigenvalue weighted by Gasteiger charge is 2.25. The normalized spacial score (nSPS) is 20.8. The molecule has 3 rings (SSSR count). The average molecular weight is 353 g/mol. The van der Waals surface area contributed by atoms with Gasteiger partial charge in [0.05, 0.1) is 10.6 Å². The van der Waals surface area contributed by atoms with Crippen molar-refractivity contribution in [1.82, 2.24) is 0 Å². The number of piperazine rings is 1. The molecule has 1 amide bonds. The highest BCUT2D eigenvalue weighted by atomic mass is 32.1. The van der Waals surface area contributed by atoms with Gasteiger partial charge in [-0.15, -0.1) is 11.3 Å². The molecule has 0 atom stereocenters. The Labute approximate surface area is 143 Å². The fourth-order valence-electron chi connectivity index (χ4n) is 2.98. The maximum absolute atomic E-state index is 13.6. The number of carbonyl (C=O) groups excluding carboxylic acids is 1. The van der Waals surface area contributed by atoms with Crippen molar-refractivity contribution in [3.05, 3.63) is 52.2 Å². The van der Waals surface area contributed by atoms with Crippen LogP contribution in [0.5, 0.6) is 0 Å². The lowest BCUT2D eigenvalue weighted by Crippen LogP contribution is -3.28. The Balaban J connectivity index is 1.44. The van der Waals surface area contributed by atoms with E-state index in [1.54, 1.807) is 11.3 Å². The van der Waals surface area contributed by atoms with E-state index in [-0.39, 0.29) is 11.6 Å². The van der Waals surface area contributed by atoms with Crippen molar-refractivity contribution >= 4 is 22.9 Å². The lowest BCUT2D eigenvalue weighted by atomic mass is 10.2. The summed E-state index contributed by atoms with van der Waals surface area (Å²) in [5.74, 6) is -1.64. The molecular weight excluding hydrogens is 332 g/mol. The SMILES string of the molecule is O=C(C[NH+]1CC[NH+](Cc2cccs2)CC1)Nc1ccc(F)cc1F. The molecule has 7 heteroatoms. The monoisotopic (exact) mass is 353 g/mol. The van der Waals surface area contributed by atoms with Crippen LogP contribution in [-0.4, -0.2) is 38.6 Å². The Bertz CT molecular complexity index is 685. The highest BCUT2D eigenvalue weighted by molar-refractivity contribution is 7.09.